The topological polar surface area (TPSA) is 30.9 Å². The molecule has 3 aliphatic heterocycles. The van der Waals surface area contributed by atoms with Gasteiger partial charge >= 0.3 is 0 Å². The summed E-state index contributed by atoms with van der Waals surface area (Å²) in [5.41, 5.74) is 6.30. The quantitative estimate of drug-likeness (QED) is 0.309. The number of para-hydroxylation sites is 2. The van der Waals surface area contributed by atoms with Gasteiger partial charge in [0.2, 0.25) is 0 Å². The highest BCUT2D eigenvalue weighted by molar-refractivity contribution is 6.99. The minimum absolute atomic E-state index is 0.0181. The molecule has 0 unspecified atom stereocenters. The highest BCUT2D eigenvalue weighted by Gasteiger charge is 2.46. The van der Waals surface area contributed by atoms with Gasteiger partial charge in [-0.15, -0.1) is 0 Å². The van der Waals surface area contributed by atoms with Gasteiger partial charge in [-0.3, -0.25) is 0 Å². The summed E-state index contributed by atoms with van der Waals surface area (Å²) < 4.78 is 19.3. The number of hydrogen-bond donors (Lipinski definition) is 0. The van der Waals surface area contributed by atoms with Gasteiger partial charge in [0.05, 0.1) is 5.69 Å². The maximum absolute atomic E-state index is 6.53. The van der Waals surface area contributed by atoms with E-state index >= 15 is 0 Å². The molecule has 3 aliphatic rings. The Kier molecular flexibility index (Phi) is 3.72. The number of anilines is 3. The van der Waals surface area contributed by atoms with E-state index in [0.29, 0.717) is 0 Å². The zero-order valence-corrected chi connectivity index (χ0v) is 18.6. The minimum Gasteiger partial charge on any atom is -0.458 e. The van der Waals surface area contributed by atoms with E-state index in [1.54, 1.807) is 0 Å². The molecule has 0 N–H and O–H groups in total. The van der Waals surface area contributed by atoms with Crippen LogP contribution in [0, 0.1) is 0 Å². The summed E-state index contributed by atoms with van der Waals surface area (Å²) in [5, 5.41) is 0. The highest BCUT2D eigenvalue weighted by Crippen LogP contribution is 2.45. The molecule has 35 heavy (non-hydrogen) atoms. The summed E-state index contributed by atoms with van der Waals surface area (Å²) >= 11 is 0. The number of rotatable bonds is 3. The standard InChI is InChI=1S/C30H18BNO3/c1-3-9-19(10-4-1)32(20-11-5-2-6-12-20)21-17-26-30-27(18-21)35-25-16-8-14-23-29(25)31(30)28-22(33-23)13-7-15-24(28)34-26/h1-18H. The van der Waals surface area contributed by atoms with Gasteiger partial charge in [0, 0.05) is 39.9 Å². The smallest absolute Gasteiger partial charge is 0.270 e. The van der Waals surface area contributed by atoms with Crippen molar-refractivity contribution in [2.45, 2.75) is 0 Å². The molecule has 0 saturated heterocycles. The van der Waals surface area contributed by atoms with Gasteiger partial charge in [-0.25, -0.2) is 0 Å². The van der Waals surface area contributed by atoms with Crippen molar-refractivity contribution >= 4 is 40.2 Å². The summed E-state index contributed by atoms with van der Waals surface area (Å²) in [6.07, 6.45) is 0. The lowest BCUT2D eigenvalue weighted by Gasteiger charge is -2.38. The van der Waals surface area contributed by atoms with Crippen LogP contribution in [0.3, 0.4) is 0 Å². The van der Waals surface area contributed by atoms with Crippen LogP contribution in [-0.4, -0.2) is 6.71 Å². The fourth-order valence-electron chi connectivity index (χ4n) is 5.53. The molecule has 0 bridgehead atoms. The van der Waals surface area contributed by atoms with Crippen LogP contribution in [0.5, 0.6) is 34.5 Å². The summed E-state index contributed by atoms with van der Waals surface area (Å²) in [5.74, 6) is 4.97. The molecule has 0 atom stereocenters. The van der Waals surface area contributed by atoms with Crippen LogP contribution in [0.4, 0.5) is 17.1 Å². The molecule has 5 aromatic carbocycles. The molecule has 0 amide bonds. The van der Waals surface area contributed by atoms with Gasteiger partial charge in [0.15, 0.2) is 0 Å². The Balaban J connectivity index is 1.39. The van der Waals surface area contributed by atoms with Crippen LogP contribution in [-0.2, 0) is 0 Å². The fourth-order valence-corrected chi connectivity index (χ4v) is 5.53. The molecule has 3 heterocycles. The molecule has 0 radical (unpaired) electrons. The van der Waals surface area contributed by atoms with E-state index in [4.69, 9.17) is 14.2 Å². The van der Waals surface area contributed by atoms with Crippen molar-refractivity contribution in [3.8, 4) is 34.5 Å². The van der Waals surface area contributed by atoms with Gasteiger partial charge in [-0.1, -0.05) is 48.5 Å². The zero-order valence-electron chi connectivity index (χ0n) is 18.6. The van der Waals surface area contributed by atoms with Crippen molar-refractivity contribution in [2.24, 2.45) is 0 Å². The Bertz CT molecular complexity index is 1520. The van der Waals surface area contributed by atoms with E-state index in [1.807, 2.05) is 48.5 Å². The van der Waals surface area contributed by atoms with Gasteiger partial charge in [0.1, 0.15) is 34.5 Å². The summed E-state index contributed by atoms with van der Waals surface area (Å²) in [6.45, 7) is 0.0181. The predicted molar refractivity (Wildman–Crippen MR) is 139 cm³/mol. The van der Waals surface area contributed by atoms with Crippen molar-refractivity contribution in [2.75, 3.05) is 4.90 Å². The van der Waals surface area contributed by atoms with Crippen LogP contribution in [0.15, 0.2) is 109 Å². The third-order valence-corrected chi connectivity index (χ3v) is 6.95. The predicted octanol–water partition coefficient (Wildman–Crippen LogP) is 5.99. The van der Waals surface area contributed by atoms with Crippen LogP contribution in [0.2, 0.25) is 0 Å². The monoisotopic (exact) mass is 451 g/mol. The Morgan fingerprint density at radius 1 is 0.400 bits per heavy atom. The Morgan fingerprint density at radius 2 is 0.800 bits per heavy atom. The first-order valence-corrected chi connectivity index (χ1v) is 11.7. The molecule has 5 heteroatoms. The summed E-state index contributed by atoms with van der Waals surface area (Å²) in [4.78, 5) is 2.23. The molecule has 0 aliphatic carbocycles. The lowest BCUT2D eigenvalue weighted by Crippen LogP contribution is -2.59. The first kappa shape index (κ1) is 18.8. The van der Waals surface area contributed by atoms with E-state index in [1.165, 1.54) is 0 Å². The third kappa shape index (κ3) is 2.63. The van der Waals surface area contributed by atoms with Gasteiger partial charge in [-0.05, 0) is 48.5 Å². The van der Waals surface area contributed by atoms with E-state index in [9.17, 15) is 0 Å². The van der Waals surface area contributed by atoms with Crippen molar-refractivity contribution in [3.05, 3.63) is 109 Å². The van der Waals surface area contributed by atoms with Crippen LogP contribution < -0.4 is 35.5 Å². The summed E-state index contributed by atoms with van der Waals surface area (Å²) in [7, 11) is 0. The maximum atomic E-state index is 6.53. The van der Waals surface area contributed by atoms with E-state index in [-0.39, 0.29) is 6.71 Å². The number of nitrogens with zero attached hydrogens (tertiary/aromatic N) is 1. The first-order chi connectivity index (χ1) is 17.3. The molecular formula is C30H18BNO3. The molecule has 0 fully saturated rings. The van der Waals surface area contributed by atoms with Crippen molar-refractivity contribution in [1.29, 1.82) is 0 Å². The summed E-state index contributed by atoms with van der Waals surface area (Å²) in [6, 6.07) is 37.0. The second kappa shape index (κ2) is 6.94. The number of benzene rings is 5. The van der Waals surface area contributed by atoms with Crippen molar-refractivity contribution < 1.29 is 14.2 Å². The largest absolute Gasteiger partial charge is 0.458 e. The second-order valence-electron chi connectivity index (χ2n) is 8.94. The van der Waals surface area contributed by atoms with Crippen LogP contribution >= 0.6 is 0 Å². The van der Waals surface area contributed by atoms with E-state index in [2.05, 4.69) is 65.6 Å². The molecule has 4 nitrogen and oxygen atoms in total. The lowest BCUT2D eigenvalue weighted by molar-refractivity contribution is 0.443. The normalized spacial score (nSPS) is 13.2. The molecule has 0 saturated carbocycles. The molecule has 164 valence electrons. The van der Waals surface area contributed by atoms with Gasteiger partial charge < -0.3 is 19.1 Å². The lowest BCUT2D eigenvalue weighted by atomic mass is 9.34. The second-order valence-corrected chi connectivity index (χ2v) is 8.94. The Hall–Kier alpha value is -4.64. The van der Waals surface area contributed by atoms with Crippen LogP contribution in [0.25, 0.3) is 0 Å². The maximum Gasteiger partial charge on any atom is 0.270 e. The van der Waals surface area contributed by atoms with E-state index < -0.39 is 0 Å². The molecule has 5 aromatic rings. The van der Waals surface area contributed by atoms with Crippen LogP contribution in [0.1, 0.15) is 0 Å². The average Bonchev–Trinajstić information content (AvgIpc) is 2.90. The Morgan fingerprint density at radius 3 is 1.26 bits per heavy atom. The van der Waals surface area contributed by atoms with Gasteiger partial charge in [0.25, 0.3) is 6.71 Å². The Labute approximate surface area is 203 Å². The van der Waals surface area contributed by atoms with Crippen molar-refractivity contribution in [3.63, 3.8) is 0 Å². The van der Waals surface area contributed by atoms with E-state index in [0.717, 1.165) is 67.9 Å². The zero-order chi connectivity index (χ0) is 22.9. The third-order valence-electron chi connectivity index (χ3n) is 6.95. The molecule has 0 aromatic heterocycles. The molecule has 8 rings (SSSR count). The minimum atomic E-state index is 0.0181. The fraction of sp³-hybridized carbons (Fsp3) is 0. The van der Waals surface area contributed by atoms with Gasteiger partial charge in [-0.2, -0.15) is 0 Å². The molecular weight excluding hydrogens is 433 g/mol. The number of ether oxygens (including phenoxy) is 3. The first-order valence-electron chi connectivity index (χ1n) is 11.7. The average molecular weight is 451 g/mol. The SMILES string of the molecule is c1ccc(N(c2ccccc2)c2cc3c4c(c2)Oc2cccc5c2B4c2c(cccc2O3)O5)cc1. The molecule has 0 spiro atoms. The van der Waals surface area contributed by atoms with Crippen molar-refractivity contribution in [1.82, 2.24) is 0 Å². The number of hydrogen-bond acceptors (Lipinski definition) is 4. The highest BCUT2D eigenvalue weighted by atomic mass is 16.5.